The summed E-state index contributed by atoms with van der Waals surface area (Å²) in [6.45, 7) is 8.73. The van der Waals surface area contributed by atoms with E-state index in [0.717, 1.165) is 19.3 Å². The Labute approximate surface area is 152 Å². The van der Waals surface area contributed by atoms with Crippen molar-refractivity contribution in [1.82, 2.24) is 5.32 Å². The molecule has 0 aliphatic rings. The first-order valence-corrected chi connectivity index (χ1v) is 9.27. The van der Waals surface area contributed by atoms with Gasteiger partial charge in [0.25, 0.3) is 0 Å². The van der Waals surface area contributed by atoms with E-state index in [1.807, 2.05) is 6.07 Å². The lowest BCUT2D eigenvalue weighted by molar-refractivity contribution is -0.121. The molecule has 0 aromatic heterocycles. The number of benzene rings is 2. The van der Waals surface area contributed by atoms with Gasteiger partial charge in [-0.3, -0.25) is 4.79 Å². The molecule has 0 bridgehead atoms. The molecule has 1 amide bonds. The van der Waals surface area contributed by atoms with Crippen molar-refractivity contribution in [2.75, 3.05) is 0 Å². The van der Waals surface area contributed by atoms with Gasteiger partial charge in [-0.25, -0.2) is 0 Å². The summed E-state index contributed by atoms with van der Waals surface area (Å²) in [4.78, 5) is 12.2. The number of hydrogen-bond acceptors (Lipinski definition) is 1. The summed E-state index contributed by atoms with van der Waals surface area (Å²) in [5.74, 6) is 0.139. The Bertz CT molecular complexity index is 653. The zero-order chi connectivity index (χ0) is 18.3. The van der Waals surface area contributed by atoms with E-state index in [1.54, 1.807) is 0 Å². The van der Waals surface area contributed by atoms with Crippen LogP contribution in [0.2, 0.25) is 0 Å². The molecule has 2 aromatic carbocycles. The number of carbonyl (C=O) groups excluding carboxylic acids is 1. The van der Waals surface area contributed by atoms with Crippen molar-refractivity contribution >= 4 is 5.91 Å². The molecule has 0 heterocycles. The number of hydrogen-bond donors (Lipinski definition) is 1. The van der Waals surface area contributed by atoms with Gasteiger partial charge in [0.05, 0.1) is 0 Å². The van der Waals surface area contributed by atoms with Crippen molar-refractivity contribution in [2.24, 2.45) is 0 Å². The molecule has 25 heavy (non-hydrogen) atoms. The summed E-state index contributed by atoms with van der Waals surface area (Å²) in [5, 5.41) is 3.12. The molecule has 134 valence electrons. The number of carbonyl (C=O) groups is 1. The second-order valence-corrected chi connectivity index (χ2v) is 7.94. The first kappa shape index (κ1) is 19.2. The van der Waals surface area contributed by atoms with Gasteiger partial charge in [-0.15, -0.1) is 0 Å². The topological polar surface area (TPSA) is 29.1 Å². The molecule has 0 saturated heterocycles. The molecule has 2 aromatic rings. The van der Waals surface area contributed by atoms with Crippen LogP contribution in [0.3, 0.4) is 0 Å². The molecule has 2 nitrogen and oxygen atoms in total. The van der Waals surface area contributed by atoms with Crippen molar-refractivity contribution in [3.05, 3.63) is 71.3 Å². The van der Waals surface area contributed by atoms with Gasteiger partial charge in [0, 0.05) is 12.5 Å². The number of rotatable bonds is 7. The first-order valence-electron chi connectivity index (χ1n) is 9.27. The van der Waals surface area contributed by atoms with Crippen molar-refractivity contribution < 1.29 is 4.79 Å². The summed E-state index contributed by atoms with van der Waals surface area (Å²) in [6.07, 6.45) is 3.30. The van der Waals surface area contributed by atoms with E-state index in [4.69, 9.17) is 0 Å². The van der Waals surface area contributed by atoms with Gasteiger partial charge in [-0.05, 0) is 48.3 Å². The lowest BCUT2D eigenvalue weighted by Crippen LogP contribution is -2.33. The molecule has 1 atom stereocenters. The minimum atomic E-state index is 0.139. The van der Waals surface area contributed by atoms with Gasteiger partial charge in [0.1, 0.15) is 0 Å². The normalized spacial score (nSPS) is 12.6. The first-order chi connectivity index (χ1) is 11.8. The van der Waals surface area contributed by atoms with Crippen LogP contribution in [0.15, 0.2) is 54.6 Å². The second kappa shape index (κ2) is 8.84. The van der Waals surface area contributed by atoms with Crippen LogP contribution in [0.5, 0.6) is 0 Å². The van der Waals surface area contributed by atoms with E-state index in [-0.39, 0.29) is 17.4 Å². The Kier molecular flexibility index (Phi) is 6.81. The molecule has 0 radical (unpaired) electrons. The largest absolute Gasteiger partial charge is 0.354 e. The molecule has 2 heteroatoms. The van der Waals surface area contributed by atoms with Crippen LogP contribution in [0.1, 0.15) is 57.2 Å². The Morgan fingerprint density at radius 3 is 2.12 bits per heavy atom. The zero-order valence-electron chi connectivity index (χ0n) is 16.0. The van der Waals surface area contributed by atoms with Gasteiger partial charge in [-0.2, -0.15) is 0 Å². The predicted octanol–water partition coefficient (Wildman–Crippen LogP) is 5.05. The van der Waals surface area contributed by atoms with E-state index >= 15 is 0 Å². The van der Waals surface area contributed by atoms with Crippen LogP contribution < -0.4 is 5.32 Å². The smallest absolute Gasteiger partial charge is 0.220 e. The Balaban J connectivity index is 1.73. The lowest BCUT2D eigenvalue weighted by atomic mass is 9.86. The van der Waals surface area contributed by atoms with E-state index < -0.39 is 0 Å². The second-order valence-electron chi connectivity index (χ2n) is 7.94. The molecule has 2 rings (SSSR count). The zero-order valence-corrected chi connectivity index (χ0v) is 16.0. The van der Waals surface area contributed by atoms with Gasteiger partial charge < -0.3 is 5.32 Å². The Morgan fingerprint density at radius 1 is 0.920 bits per heavy atom. The highest BCUT2D eigenvalue weighted by atomic mass is 16.1. The molecule has 0 fully saturated rings. The van der Waals surface area contributed by atoms with Crippen LogP contribution in [-0.4, -0.2) is 11.9 Å². The van der Waals surface area contributed by atoms with Crippen molar-refractivity contribution in [3.8, 4) is 0 Å². The van der Waals surface area contributed by atoms with Crippen molar-refractivity contribution in [2.45, 2.75) is 64.8 Å². The van der Waals surface area contributed by atoms with Crippen molar-refractivity contribution in [1.29, 1.82) is 0 Å². The maximum absolute atomic E-state index is 12.2. The number of aryl methyl sites for hydroxylation is 2. The molecule has 0 unspecified atom stereocenters. The fraction of sp³-hybridized carbons (Fsp3) is 0.435. The summed E-state index contributed by atoms with van der Waals surface area (Å²) in [5.41, 5.74) is 4.04. The fourth-order valence-electron chi connectivity index (χ4n) is 2.88. The van der Waals surface area contributed by atoms with Crippen molar-refractivity contribution in [3.63, 3.8) is 0 Å². The highest BCUT2D eigenvalue weighted by molar-refractivity contribution is 5.76. The molecule has 0 spiro atoms. The standard InChI is InChI=1S/C23H31NO/c1-18(10-11-19-8-6-5-7-9-19)24-22(25)17-14-20-12-15-21(16-13-20)23(2,3)4/h5-9,12-13,15-16,18H,10-11,14,17H2,1-4H3,(H,24,25)/t18-/m0/s1. The highest BCUT2D eigenvalue weighted by Crippen LogP contribution is 2.22. The average Bonchev–Trinajstić information content (AvgIpc) is 2.59. The van der Waals surface area contributed by atoms with Crippen LogP contribution in [0.25, 0.3) is 0 Å². The maximum atomic E-state index is 12.2. The molecule has 0 saturated carbocycles. The van der Waals surface area contributed by atoms with E-state index in [0.29, 0.717) is 6.42 Å². The summed E-state index contributed by atoms with van der Waals surface area (Å²) in [6, 6.07) is 19.3. The summed E-state index contributed by atoms with van der Waals surface area (Å²) >= 11 is 0. The maximum Gasteiger partial charge on any atom is 0.220 e. The summed E-state index contributed by atoms with van der Waals surface area (Å²) in [7, 11) is 0. The van der Waals surface area contributed by atoms with Gasteiger partial charge in [-0.1, -0.05) is 75.4 Å². The van der Waals surface area contributed by atoms with Crippen LogP contribution in [0.4, 0.5) is 0 Å². The summed E-state index contributed by atoms with van der Waals surface area (Å²) < 4.78 is 0. The monoisotopic (exact) mass is 337 g/mol. The third-order valence-electron chi connectivity index (χ3n) is 4.58. The van der Waals surface area contributed by atoms with Crippen LogP contribution in [-0.2, 0) is 23.1 Å². The molecular weight excluding hydrogens is 306 g/mol. The SMILES string of the molecule is C[C@@H](CCc1ccccc1)NC(=O)CCc1ccc(C(C)(C)C)cc1. The third-order valence-corrected chi connectivity index (χ3v) is 4.58. The lowest BCUT2D eigenvalue weighted by Gasteiger charge is -2.19. The third kappa shape index (κ3) is 6.74. The van der Waals surface area contributed by atoms with Gasteiger partial charge in [0.15, 0.2) is 0 Å². The van der Waals surface area contributed by atoms with Gasteiger partial charge >= 0.3 is 0 Å². The predicted molar refractivity (Wildman–Crippen MR) is 106 cm³/mol. The quantitative estimate of drug-likeness (QED) is 0.752. The van der Waals surface area contributed by atoms with E-state index in [1.165, 1.54) is 16.7 Å². The van der Waals surface area contributed by atoms with E-state index in [2.05, 4.69) is 81.5 Å². The molecule has 1 N–H and O–H groups in total. The fourth-order valence-corrected chi connectivity index (χ4v) is 2.88. The Morgan fingerprint density at radius 2 is 1.52 bits per heavy atom. The van der Waals surface area contributed by atoms with E-state index in [9.17, 15) is 4.79 Å². The minimum absolute atomic E-state index is 0.139. The Hall–Kier alpha value is -2.09. The number of nitrogens with one attached hydrogen (secondary N) is 1. The minimum Gasteiger partial charge on any atom is -0.354 e. The molecular formula is C23H31NO. The van der Waals surface area contributed by atoms with Crippen LogP contribution >= 0.6 is 0 Å². The number of amides is 1. The average molecular weight is 338 g/mol. The molecule has 0 aliphatic heterocycles. The van der Waals surface area contributed by atoms with Gasteiger partial charge in [0.2, 0.25) is 5.91 Å². The highest BCUT2D eigenvalue weighted by Gasteiger charge is 2.13. The van der Waals surface area contributed by atoms with Crippen LogP contribution in [0, 0.1) is 0 Å². The molecule has 0 aliphatic carbocycles.